The van der Waals surface area contributed by atoms with Crippen LogP contribution < -0.4 is 5.73 Å². The number of aromatic nitrogens is 1. The topological polar surface area (TPSA) is 82.3 Å². The van der Waals surface area contributed by atoms with Crippen molar-refractivity contribution in [3.05, 3.63) is 53.7 Å². The Hall–Kier alpha value is -2.01. The number of sulfone groups is 1. The van der Waals surface area contributed by atoms with Gasteiger partial charge in [-0.15, -0.1) is 10.3 Å². The van der Waals surface area contributed by atoms with Gasteiger partial charge < -0.3 is 9.92 Å². The van der Waals surface area contributed by atoms with Crippen molar-refractivity contribution < 1.29 is 12.6 Å². The van der Waals surface area contributed by atoms with Crippen LogP contribution in [0.15, 0.2) is 47.5 Å². The SMILES string of the molecule is CCS(C)(C)OC(C#Cc1cccnc1N)c1ccc(S(C)(=O)=O)cc1. The number of nitrogen functional groups attached to an aromatic ring is 1. The van der Waals surface area contributed by atoms with E-state index in [1.54, 1.807) is 42.6 Å². The van der Waals surface area contributed by atoms with Crippen LogP contribution in [0.5, 0.6) is 0 Å². The summed E-state index contributed by atoms with van der Waals surface area (Å²) in [7, 11) is -4.53. The van der Waals surface area contributed by atoms with Gasteiger partial charge in [0.2, 0.25) is 0 Å². The molecule has 0 spiro atoms. The minimum absolute atomic E-state index is 0.270. The number of nitrogens with two attached hydrogens (primary N) is 1. The van der Waals surface area contributed by atoms with Crippen molar-refractivity contribution in [2.45, 2.75) is 17.9 Å². The summed E-state index contributed by atoms with van der Waals surface area (Å²) in [4.78, 5) is 4.30. The van der Waals surface area contributed by atoms with E-state index in [-0.39, 0.29) is 4.90 Å². The molecule has 7 heteroatoms. The monoisotopic (exact) mass is 392 g/mol. The van der Waals surface area contributed by atoms with Crippen LogP contribution in [0, 0.1) is 11.8 Å². The second-order valence-electron chi connectivity index (χ2n) is 6.25. The highest BCUT2D eigenvalue weighted by atomic mass is 32.3. The molecule has 1 unspecified atom stereocenters. The van der Waals surface area contributed by atoms with Crippen molar-refractivity contribution >= 4 is 26.0 Å². The van der Waals surface area contributed by atoms with Crippen molar-refractivity contribution in [1.29, 1.82) is 0 Å². The third-order valence-corrected chi connectivity index (χ3v) is 7.07. The third kappa shape index (κ3) is 5.49. The highest BCUT2D eigenvalue weighted by Crippen LogP contribution is 2.45. The zero-order chi connectivity index (χ0) is 19.4. The summed E-state index contributed by atoms with van der Waals surface area (Å²) < 4.78 is 29.6. The third-order valence-electron chi connectivity index (χ3n) is 3.84. The van der Waals surface area contributed by atoms with E-state index < -0.39 is 26.3 Å². The first-order valence-corrected chi connectivity index (χ1v) is 12.5. The summed E-state index contributed by atoms with van der Waals surface area (Å²) in [6.45, 7) is 2.08. The Kier molecular flexibility index (Phi) is 6.34. The molecule has 0 aliphatic rings. The van der Waals surface area contributed by atoms with Gasteiger partial charge in [0.25, 0.3) is 0 Å². The highest BCUT2D eigenvalue weighted by molar-refractivity contribution is 8.28. The fourth-order valence-electron chi connectivity index (χ4n) is 2.05. The Morgan fingerprint density at radius 3 is 2.35 bits per heavy atom. The number of benzene rings is 1. The summed E-state index contributed by atoms with van der Waals surface area (Å²) in [5.74, 6) is 7.42. The maximum Gasteiger partial charge on any atom is 0.175 e. The molecule has 5 nitrogen and oxygen atoms in total. The zero-order valence-corrected chi connectivity index (χ0v) is 17.0. The average molecular weight is 393 g/mol. The van der Waals surface area contributed by atoms with E-state index in [0.29, 0.717) is 11.4 Å². The number of pyridine rings is 1. The molecule has 1 aromatic heterocycles. The van der Waals surface area contributed by atoms with Gasteiger partial charge in [-0.2, -0.15) is 0 Å². The smallest absolute Gasteiger partial charge is 0.175 e. The molecule has 1 heterocycles. The van der Waals surface area contributed by atoms with Crippen molar-refractivity contribution in [2.24, 2.45) is 0 Å². The van der Waals surface area contributed by atoms with Crippen molar-refractivity contribution in [3.8, 4) is 11.8 Å². The number of rotatable bonds is 5. The fraction of sp³-hybridized carbons (Fsp3) is 0.316. The molecule has 0 bridgehead atoms. The normalized spacial score (nSPS) is 13.5. The molecule has 26 heavy (non-hydrogen) atoms. The molecule has 0 saturated carbocycles. The summed E-state index contributed by atoms with van der Waals surface area (Å²) in [5, 5.41) is 0. The molecule has 2 aromatic rings. The Labute approximate surface area is 157 Å². The number of nitrogens with zero attached hydrogens (tertiary/aromatic N) is 1. The maximum atomic E-state index is 11.7. The van der Waals surface area contributed by atoms with Gasteiger partial charge in [0.1, 0.15) is 5.82 Å². The van der Waals surface area contributed by atoms with E-state index in [9.17, 15) is 8.42 Å². The lowest BCUT2D eigenvalue weighted by Crippen LogP contribution is -2.09. The second kappa shape index (κ2) is 8.12. The van der Waals surface area contributed by atoms with Gasteiger partial charge in [0.15, 0.2) is 15.9 Å². The first kappa shape index (κ1) is 20.3. The Morgan fingerprint density at radius 1 is 1.15 bits per heavy atom. The lowest BCUT2D eigenvalue weighted by Gasteiger charge is -2.32. The quantitative estimate of drug-likeness (QED) is 0.790. The highest BCUT2D eigenvalue weighted by Gasteiger charge is 2.19. The van der Waals surface area contributed by atoms with Gasteiger partial charge in [-0.05, 0) is 48.1 Å². The molecule has 140 valence electrons. The Bertz CT molecular complexity index is 927. The van der Waals surface area contributed by atoms with E-state index in [2.05, 4.69) is 36.3 Å². The number of hydrogen-bond acceptors (Lipinski definition) is 5. The molecule has 0 radical (unpaired) electrons. The first-order valence-electron chi connectivity index (χ1n) is 8.03. The van der Waals surface area contributed by atoms with Crippen LogP contribution in [0.1, 0.15) is 24.2 Å². The van der Waals surface area contributed by atoms with Crippen LogP contribution in [0.3, 0.4) is 0 Å². The Balaban J connectivity index is 2.41. The zero-order valence-electron chi connectivity index (χ0n) is 15.4. The minimum atomic E-state index is -3.24. The maximum absolute atomic E-state index is 11.7. The number of anilines is 1. The molecule has 1 atom stereocenters. The van der Waals surface area contributed by atoms with Crippen LogP contribution in [-0.4, -0.2) is 37.9 Å². The van der Waals surface area contributed by atoms with Gasteiger partial charge in [-0.1, -0.05) is 30.9 Å². The lowest BCUT2D eigenvalue weighted by molar-refractivity contribution is 0.303. The van der Waals surface area contributed by atoms with E-state index in [0.717, 1.165) is 11.3 Å². The van der Waals surface area contributed by atoms with Crippen LogP contribution in [0.4, 0.5) is 5.82 Å². The summed E-state index contributed by atoms with van der Waals surface area (Å²) >= 11 is 0. The standard InChI is InChI=1S/C19H24N2O3S2/c1-5-25(2,3)24-18(13-10-16-7-6-14-21-19(16)20)15-8-11-17(12-9-15)26(4,22)23/h6-9,11-12,14,18H,5H2,1-4H3,(H2,20,21). The average Bonchev–Trinajstić information content (AvgIpc) is 2.59. The van der Waals surface area contributed by atoms with Gasteiger partial charge in [0.05, 0.1) is 10.5 Å². The minimum Gasteiger partial charge on any atom is -0.383 e. The fourth-order valence-corrected chi connectivity index (χ4v) is 3.49. The van der Waals surface area contributed by atoms with Crippen molar-refractivity contribution in [2.75, 3.05) is 30.3 Å². The molecule has 1 aromatic carbocycles. The van der Waals surface area contributed by atoms with Gasteiger partial charge in [-0.3, -0.25) is 0 Å². The molecule has 0 aliphatic carbocycles. The second-order valence-corrected chi connectivity index (χ2v) is 11.9. The summed E-state index contributed by atoms with van der Waals surface area (Å²) in [5.41, 5.74) is 7.29. The largest absolute Gasteiger partial charge is 0.383 e. The van der Waals surface area contributed by atoms with Crippen LogP contribution in [-0.2, 0) is 14.0 Å². The molecule has 2 rings (SSSR count). The van der Waals surface area contributed by atoms with Crippen LogP contribution in [0.2, 0.25) is 0 Å². The van der Waals surface area contributed by atoms with E-state index in [1.165, 1.54) is 6.26 Å². The Morgan fingerprint density at radius 2 is 1.81 bits per heavy atom. The van der Waals surface area contributed by atoms with Crippen molar-refractivity contribution in [1.82, 2.24) is 4.98 Å². The van der Waals surface area contributed by atoms with E-state index in [4.69, 9.17) is 9.92 Å². The molecule has 0 fully saturated rings. The van der Waals surface area contributed by atoms with Gasteiger partial charge >= 0.3 is 0 Å². The predicted octanol–water partition coefficient (Wildman–Crippen LogP) is 3.18. The molecular formula is C19H24N2O3S2. The van der Waals surface area contributed by atoms with Crippen LogP contribution in [0.25, 0.3) is 0 Å². The predicted molar refractivity (Wildman–Crippen MR) is 109 cm³/mol. The number of hydrogen-bond donors (Lipinski definition) is 1. The first-order chi connectivity index (χ1) is 12.1. The van der Waals surface area contributed by atoms with Crippen molar-refractivity contribution in [3.63, 3.8) is 0 Å². The molecule has 0 amide bonds. The van der Waals surface area contributed by atoms with Gasteiger partial charge in [-0.25, -0.2) is 13.4 Å². The summed E-state index contributed by atoms with van der Waals surface area (Å²) in [6, 6.07) is 10.2. The molecule has 0 aliphatic heterocycles. The van der Waals surface area contributed by atoms with Crippen LogP contribution >= 0.6 is 10.3 Å². The molecule has 0 saturated heterocycles. The summed E-state index contributed by atoms with van der Waals surface area (Å²) in [6.07, 6.45) is 6.47. The van der Waals surface area contributed by atoms with E-state index >= 15 is 0 Å². The molecular weight excluding hydrogens is 368 g/mol. The lowest BCUT2D eigenvalue weighted by atomic mass is 10.1. The van der Waals surface area contributed by atoms with Gasteiger partial charge in [0, 0.05) is 12.5 Å². The van der Waals surface area contributed by atoms with E-state index in [1.807, 2.05) is 0 Å². The molecule has 2 N–H and O–H groups in total.